The molecular weight excluding hydrogens is 368 g/mol. The summed E-state index contributed by atoms with van der Waals surface area (Å²) in [5.74, 6) is 0.487. The molecule has 124 valence electrons. The first-order chi connectivity index (χ1) is 11.4. The minimum Gasteiger partial charge on any atom is -0.326 e. The highest BCUT2D eigenvalue weighted by Crippen LogP contribution is 2.38. The zero-order valence-corrected chi connectivity index (χ0v) is 15.2. The van der Waals surface area contributed by atoms with Gasteiger partial charge in [-0.15, -0.1) is 0 Å². The zero-order valence-electron chi connectivity index (χ0n) is 13.6. The predicted molar refractivity (Wildman–Crippen MR) is 99.2 cm³/mol. The molecule has 2 unspecified atom stereocenters. The summed E-state index contributed by atoms with van der Waals surface area (Å²) in [6.45, 7) is 4.06. The van der Waals surface area contributed by atoms with Crippen molar-refractivity contribution in [3.63, 3.8) is 0 Å². The number of anilines is 2. The van der Waals surface area contributed by atoms with Gasteiger partial charge in [-0.2, -0.15) is 0 Å². The van der Waals surface area contributed by atoms with E-state index in [1.165, 1.54) is 0 Å². The van der Waals surface area contributed by atoms with Gasteiger partial charge in [0.15, 0.2) is 0 Å². The van der Waals surface area contributed by atoms with E-state index < -0.39 is 0 Å². The molecule has 2 atom stereocenters. The van der Waals surface area contributed by atoms with Crippen LogP contribution < -0.4 is 10.6 Å². The third kappa shape index (κ3) is 3.85. The SMILES string of the molecule is Cc1ccc(NC(=O)c2ccc(NC(=O)C3CC3C)cc2)cc1Br. The Labute approximate surface area is 149 Å². The highest BCUT2D eigenvalue weighted by Gasteiger charge is 2.39. The molecule has 2 aromatic carbocycles. The Morgan fingerprint density at radius 2 is 1.67 bits per heavy atom. The molecule has 1 saturated carbocycles. The van der Waals surface area contributed by atoms with Gasteiger partial charge >= 0.3 is 0 Å². The molecule has 0 aromatic heterocycles. The highest BCUT2D eigenvalue weighted by atomic mass is 79.9. The van der Waals surface area contributed by atoms with Gasteiger partial charge in [0.2, 0.25) is 5.91 Å². The summed E-state index contributed by atoms with van der Waals surface area (Å²) in [7, 11) is 0. The van der Waals surface area contributed by atoms with Crippen molar-refractivity contribution in [1.82, 2.24) is 0 Å². The van der Waals surface area contributed by atoms with E-state index >= 15 is 0 Å². The number of rotatable bonds is 4. The molecule has 2 amide bonds. The van der Waals surface area contributed by atoms with Crippen LogP contribution in [-0.2, 0) is 4.79 Å². The van der Waals surface area contributed by atoms with Crippen molar-refractivity contribution >= 4 is 39.1 Å². The van der Waals surface area contributed by atoms with E-state index in [0.717, 1.165) is 22.1 Å². The van der Waals surface area contributed by atoms with Gasteiger partial charge in [0.25, 0.3) is 5.91 Å². The van der Waals surface area contributed by atoms with Crippen molar-refractivity contribution in [1.29, 1.82) is 0 Å². The van der Waals surface area contributed by atoms with E-state index in [9.17, 15) is 9.59 Å². The van der Waals surface area contributed by atoms with Crippen molar-refractivity contribution in [2.45, 2.75) is 20.3 Å². The summed E-state index contributed by atoms with van der Waals surface area (Å²) in [5, 5.41) is 5.75. The van der Waals surface area contributed by atoms with Gasteiger partial charge in [-0.3, -0.25) is 9.59 Å². The fraction of sp³-hybridized carbons (Fsp3) is 0.263. The van der Waals surface area contributed by atoms with Crippen LogP contribution in [-0.4, -0.2) is 11.8 Å². The lowest BCUT2D eigenvalue weighted by Gasteiger charge is -2.08. The zero-order chi connectivity index (χ0) is 17.3. The largest absolute Gasteiger partial charge is 0.326 e. The first-order valence-electron chi connectivity index (χ1n) is 7.92. The van der Waals surface area contributed by atoms with E-state index in [1.54, 1.807) is 24.3 Å². The second kappa shape index (κ2) is 6.77. The maximum atomic E-state index is 12.3. The van der Waals surface area contributed by atoms with Gasteiger partial charge in [-0.05, 0) is 61.2 Å². The monoisotopic (exact) mass is 386 g/mol. The summed E-state index contributed by atoms with van der Waals surface area (Å²) < 4.78 is 0.952. The van der Waals surface area contributed by atoms with Crippen molar-refractivity contribution in [2.75, 3.05) is 10.6 Å². The summed E-state index contributed by atoms with van der Waals surface area (Å²) in [6.07, 6.45) is 0.957. The Bertz CT molecular complexity index is 786. The van der Waals surface area contributed by atoms with Gasteiger partial charge in [-0.25, -0.2) is 0 Å². The van der Waals surface area contributed by atoms with Gasteiger partial charge in [0.05, 0.1) is 0 Å². The van der Waals surface area contributed by atoms with Crippen LogP contribution in [0.2, 0.25) is 0 Å². The fourth-order valence-electron chi connectivity index (χ4n) is 2.50. The fourth-order valence-corrected chi connectivity index (χ4v) is 2.88. The lowest BCUT2D eigenvalue weighted by atomic mass is 10.1. The first-order valence-corrected chi connectivity index (χ1v) is 8.72. The lowest BCUT2D eigenvalue weighted by molar-refractivity contribution is -0.117. The Morgan fingerprint density at radius 3 is 2.25 bits per heavy atom. The van der Waals surface area contributed by atoms with E-state index in [4.69, 9.17) is 0 Å². The normalized spacial score (nSPS) is 18.8. The van der Waals surface area contributed by atoms with Crippen LogP contribution in [0.25, 0.3) is 0 Å². The molecule has 1 fully saturated rings. The summed E-state index contributed by atoms with van der Waals surface area (Å²) >= 11 is 3.45. The van der Waals surface area contributed by atoms with Crippen LogP contribution >= 0.6 is 15.9 Å². The molecule has 0 spiro atoms. The summed E-state index contributed by atoms with van der Waals surface area (Å²) in [5.41, 5.74) is 3.11. The molecule has 3 rings (SSSR count). The van der Waals surface area contributed by atoms with Gasteiger partial charge in [0, 0.05) is 27.3 Å². The van der Waals surface area contributed by atoms with E-state index in [1.807, 2.05) is 25.1 Å². The lowest BCUT2D eigenvalue weighted by Crippen LogP contribution is -2.15. The highest BCUT2D eigenvalue weighted by molar-refractivity contribution is 9.10. The topological polar surface area (TPSA) is 58.2 Å². The predicted octanol–water partition coefficient (Wildman–Crippen LogP) is 4.60. The first kappa shape index (κ1) is 16.7. The van der Waals surface area contributed by atoms with Crippen LogP contribution in [0.4, 0.5) is 11.4 Å². The molecule has 24 heavy (non-hydrogen) atoms. The second-order valence-electron chi connectivity index (χ2n) is 6.30. The van der Waals surface area contributed by atoms with Crippen molar-refractivity contribution in [3.05, 3.63) is 58.1 Å². The molecule has 0 saturated heterocycles. The van der Waals surface area contributed by atoms with Gasteiger partial charge < -0.3 is 10.6 Å². The molecule has 2 aromatic rings. The second-order valence-corrected chi connectivity index (χ2v) is 7.16. The molecule has 0 aliphatic heterocycles. The number of halogens is 1. The Balaban J connectivity index is 1.63. The summed E-state index contributed by atoms with van der Waals surface area (Å²) in [4.78, 5) is 24.2. The van der Waals surface area contributed by atoms with Crippen LogP contribution in [0.15, 0.2) is 46.9 Å². The number of hydrogen-bond donors (Lipinski definition) is 2. The third-order valence-corrected chi connectivity index (χ3v) is 5.14. The number of benzene rings is 2. The third-order valence-electron chi connectivity index (χ3n) is 4.29. The number of carbonyl (C=O) groups is 2. The van der Waals surface area contributed by atoms with Gasteiger partial charge in [-0.1, -0.05) is 28.9 Å². The molecular formula is C19H19BrN2O2. The molecule has 5 heteroatoms. The standard InChI is InChI=1S/C19H19BrN2O2/c1-11-3-6-15(10-17(11)20)22-18(23)13-4-7-14(8-5-13)21-19(24)16-9-12(16)2/h3-8,10,12,16H,9H2,1-2H3,(H,21,24)(H,22,23). The number of hydrogen-bond acceptors (Lipinski definition) is 2. The Hall–Kier alpha value is -2.14. The minimum atomic E-state index is -0.181. The maximum absolute atomic E-state index is 12.3. The molecule has 4 nitrogen and oxygen atoms in total. The molecule has 1 aliphatic rings. The number of nitrogens with one attached hydrogen (secondary N) is 2. The van der Waals surface area contributed by atoms with Crippen LogP contribution in [0.5, 0.6) is 0 Å². The number of amides is 2. The summed E-state index contributed by atoms with van der Waals surface area (Å²) in [6, 6.07) is 12.6. The minimum absolute atomic E-state index is 0.0595. The Kier molecular flexibility index (Phi) is 4.71. The quantitative estimate of drug-likeness (QED) is 0.805. The smallest absolute Gasteiger partial charge is 0.255 e. The van der Waals surface area contributed by atoms with Crippen molar-refractivity contribution in [2.24, 2.45) is 11.8 Å². The van der Waals surface area contributed by atoms with E-state index in [-0.39, 0.29) is 17.7 Å². The van der Waals surface area contributed by atoms with Gasteiger partial charge in [0.1, 0.15) is 0 Å². The maximum Gasteiger partial charge on any atom is 0.255 e. The number of aryl methyl sites for hydroxylation is 1. The van der Waals surface area contributed by atoms with E-state index in [2.05, 4.69) is 33.5 Å². The van der Waals surface area contributed by atoms with Crippen molar-refractivity contribution < 1.29 is 9.59 Å². The molecule has 0 radical (unpaired) electrons. The molecule has 0 bridgehead atoms. The van der Waals surface area contributed by atoms with E-state index in [0.29, 0.717) is 17.2 Å². The van der Waals surface area contributed by atoms with Crippen LogP contribution in [0.1, 0.15) is 29.3 Å². The molecule has 1 aliphatic carbocycles. The van der Waals surface area contributed by atoms with Crippen LogP contribution in [0.3, 0.4) is 0 Å². The Morgan fingerprint density at radius 1 is 1.04 bits per heavy atom. The average molecular weight is 387 g/mol. The molecule has 2 N–H and O–H groups in total. The number of carbonyl (C=O) groups excluding carboxylic acids is 2. The van der Waals surface area contributed by atoms with Crippen LogP contribution in [0, 0.1) is 18.8 Å². The van der Waals surface area contributed by atoms with Crippen molar-refractivity contribution in [3.8, 4) is 0 Å². The average Bonchev–Trinajstić information content (AvgIpc) is 3.29. The molecule has 0 heterocycles.